The standard InChI is InChI=1S/C14H14Cl2N4O/c15-11-5-1-4-10(12(11)16)13(21)17-6-2-7-18-14-19-8-3-9-20-14/h1,3-5,8-9H,2,6-7H2,(H,17,21)(H,18,19,20). The van der Waals surface area contributed by atoms with Gasteiger partial charge in [0.1, 0.15) is 0 Å². The van der Waals surface area contributed by atoms with E-state index < -0.39 is 0 Å². The minimum Gasteiger partial charge on any atom is -0.354 e. The molecule has 2 aromatic rings. The highest BCUT2D eigenvalue weighted by molar-refractivity contribution is 6.43. The molecule has 2 rings (SSSR count). The second-order valence-electron chi connectivity index (χ2n) is 4.21. The molecule has 1 aromatic heterocycles. The third kappa shape index (κ3) is 4.58. The van der Waals surface area contributed by atoms with Gasteiger partial charge in [-0.1, -0.05) is 29.3 Å². The summed E-state index contributed by atoms with van der Waals surface area (Å²) in [4.78, 5) is 20.0. The Bertz CT molecular complexity index is 607. The SMILES string of the molecule is O=C(NCCCNc1ncccn1)c1cccc(Cl)c1Cl. The van der Waals surface area contributed by atoms with Crippen molar-refractivity contribution >= 4 is 35.1 Å². The van der Waals surface area contributed by atoms with Crippen LogP contribution in [-0.4, -0.2) is 29.0 Å². The highest BCUT2D eigenvalue weighted by Gasteiger charge is 2.11. The summed E-state index contributed by atoms with van der Waals surface area (Å²) in [5.41, 5.74) is 0.378. The Kier molecular flexibility index (Phi) is 5.78. The van der Waals surface area contributed by atoms with Crippen molar-refractivity contribution in [2.24, 2.45) is 0 Å². The quantitative estimate of drug-likeness (QED) is 0.801. The van der Waals surface area contributed by atoms with Crippen molar-refractivity contribution in [2.45, 2.75) is 6.42 Å². The largest absolute Gasteiger partial charge is 0.354 e. The number of amides is 1. The van der Waals surface area contributed by atoms with Gasteiger partial charge in [-0.25, -0.2) is 9.97 Å². The maximum absolute atomic E-state index is 12.0. The number of anilines is 1. The van der Waals surface area contributed by atoms with Crippen molar-refractivity contribution in [3.63, 3.8) is 0 Å². The molecule has 0 aliphatic rings. The van der Waals surface area contributed by atoms with E-state index in [2.05, 4.69) is 20.6 Å². The molecule has 0 radical (unpaired) electrons. The smallest absolute Gasteiger partial charge is 0.252 e. The van der Waals surface area contributed by atoms with Crippen LogP contribution in [0.2, 0.25) is 10.0 Å². The zero-order valence-electron chi connectivity index (χ0n) is 11.1. The molecule has 21 heavy (non-hydrogen) atoms. The molecular formula is C14H14Cl2N4O. The van der Waals surface area contributed by atoms with Gasteiger partial charge in [-0.05, 0) is 24.6 Å². The molecule has 1 amide bonds. The molecule has 0 aliphatic carbocycles. The van der Waals surface area contributed by atoms with Gasteiger partial charge in [0.05, 0.1) is 15.6 Å². The minimum absolute atomic E-state index is 0.238. The van der Waals surface area contributed by atoms with E-state index in [1.54, 1.807) is 36.7 Å². The molecule has 0 saturated heterocycles. The van der Waals surface area contributed by atoms with Crippen molar-refractivity contribution in [1.29, 1.82) is 0 Å². The molecule has 0 bridgehead atoms. The first-order chi connectivity index (χ1) is 10.2. The number of halogens is 2. The molecule has 110 valence electrons. The summed E-state index contributed by atoms with van der Waals surface area (Å²) in [5, 5.41) is 6.49. The van der Waals surface area contributed by atoms with Crippen LogP contribution in [0.3, 0.4) is 0 Å². The molecule has 2 N–H and O–H groups in total. The first-order valence-electron chi connectivity index (χ1n) is 6.41. The minimum atomic E-state index is -0.238. The summed E-state index contributed by atoms with van der Waals surface area (Å²) in [6, 6.07) is 6.72. The highest BCUT2D eigenvalue weighted by atomic mass is 35.5. The maximum Gasteiger partial charge on any atom is 0.252 e. The molecule has 1 aromatic carbocycles. The summed E-state index contributed by atoms with van der Waals surface area (Å²) in [6.07, 6.45) is 4.07. The first-order valence-corrected chi connectivity index (χ1v) is 7.17. The first kappa shape index (κ1) is 15.5. The molecule has 0 saturated carbocycles. The highest BCUT2D eigenvalue weighted by Crippen LogP contribution is 2.25. The fourth-order valence-corrected chi connectivity index (χ4v) is 2.04. The van der Waals surface area contributed by atoms with E-state index in [9.17, 15) is 4.79 Å². The Morgan fingerprint density at radius 2 is 1.86 bits per heavy atom. The average molecular weight is 325 g/mol. The van der Waals surface area contributed by atoms with Crippen LogP contribution in [0.15, 0.2) is 36.7 Å². The van der Waals surface area contributed by atoms with Crippen LogP contribution in [-0.2, 0) is 0 Å². The third-order valence-corrected chi connectivity index (χ3v) is 3.50. The summed E-state index contributed by atoms with van der Waals surface area (Å²) in [5.74, 6) is 0.333. The van der Waals surface area contributed by atoms with E-state index in [0.717, 1.165) is 6.42 Å². The van der Waals surface area contributed by atoms with E-state index in [1.165, 1.54) is 0 Å². The maximum atomic E-state index is 12.0. The van der Waals surface area contributed by atoms with Crippen LogP contribution in [0.1, 0.15) is 16.8 Å². The van der Waals surface area contributed by atoms with Crippen LogP contribution in [0.5, 0.6) is 0 Å². The van der Waals surface area contributed by atoms with E-state index >= 15 is 0 Å². The van der Waals surface area contributed by atoms with Crippen LogP contribution < -0.4 is 10.6 Å². The Labute approximate surface area is 132 Å². The monoisotopic (exact) mass is 324 g/mol. The molecule has 7 heteroatoms. The zero-order chi connectivity index (χ0) is 15.1. The second-order valence-corrected chi connectivity index (χ2v) is 5.00. The number of nitrogens with one attached hydrogen (secondary N) is 2. The topological polar surface area (TPSA) is 66.9 Å². The molecule has 0 aliphatic heterocycles. The van der Waals surface area contributed by atoms with Gasteiger partial charge >= 0.3 is 0 Å². The van der Waals surface area contributed by atoms with Crippen LogP contribution in [0.4, 0.5) is 5.95 Å². The lowest BCUT2D eigenvalue weighted by molar-refractivity contribution is 0.0953. The fraction of sp³-hybridized carbons (Fsp3) is 0.214. The molecule has 0 unspecified atom stereocenters. The molecule has 1 heterocycles. The van der Waals surface area contributed by atoms with Gasteiger partial charge < -0.3 is 10.6 Å². The normalized spacial score (nSPS) is 10.2. The Hall–Kier alpha value is -1.85. The van der Waals surface area contributed by atoms with E-state index in [4.69, 9.17) is 23.2 Å². The average Bonchev–Trinajstić information content (AvgIpc) is 2.50. The number of carbonyl (C=O) groups is 1. The van der Waals surface area contributed by atoms with Crippen molar-refractivity contribution in [3.8, 4) is 0 Å². The number of benzene rings is 1. The predicted octanol–water partition coefficient (Wildman–Crippen LogP) is 3.02. The van der Waals surface area contributed by atoms with Crippen molar-refractivity contribution in [1.82, 2.24) is 15.3 Å². The Balaban J connectivity index is 1.73. The van der Waals surface area contributed by atoms with Crippen molar-refractivity contribution < 1.29 is 4.79 Å². The summed E-state index contributed by atoms with van der Waals surface area (Å²) in [7, 11) is 0. The van der Waals surface area contributed by atoms with Crippen LogP contribution >= 0.6 is 23.2 Å². The summed E-state index contributed by atoms with van der Waals surface area (Å²) >= 11 is 11.9. The number of rotatable bonds is 6. The van der Waals surface area contributed by atoms with Gasteiger partial charge in [0, 0.05) is 25.5 Å². The number of hydrogen-bond donors (Lipinski definition) is 2. The second kappa shape index (κ2) is 7.81. The molecule has 0 fully saturated rings. The lowest BCUT2D eigenvalue weighted by Crippen LogP contribution is -2.26. The van der Waals surface area contributed by atoms with E-state index in [-0.39, 0.29) is 10.9 Å². The van der Waals surface area contributed by atoms with E-state index in [0.29, 0.717) is 29.6 Å². The number of hydrogen-bond acceptors (Lipinski definition) is 4. The summed E-state index contributed by atoms with van der Waals surface area (Å²) in [6.45, 7) is 1.18. The number of nitrogens with zero attached hydrogens (tertiary/aromatic N) is 2. The Morgan fingerprint density at radius 3 is 2.62 bits per heavy atom. The lowest BCUT2D eigenvalue weighted by atomic mass is 10.2. The zero-order valence-corrected chi connectivity index (χ0v) is 12.7. The van der Waals surface area contributed by atoms with Gasteiger partial charge in [0.25, 0.3) is 5.91 Å². The molecular weight excluding hydrogens is 311 g/mol. The van der Waals surface area contributed by atoms with Gasteiger partial charge in [-0.15, -0.1) is 0 Å². The lowest BCUT2D eigenvalue weighted by Gasteiger charge is -2.08. The van der Waals surface area contributed by atoms with Crippen LogP contribution in [0.25, 0.3) is 0 Å². The van der Waals surface area contributed by atoms with Gasteiger partial charge in [-0.2, -0.15) is 0 Å². The van der Waals surface area contributed by atoms with Crippen LogP contribution in [0, 0.1) is 0 Å². The molecule has 0 spiro atoms. The fourth-order valence-electron chi connectivity index (χ4n) is 1.66. The van der Waals surface area contributed by atoms with Crippen molar-refractivity contribution in [2.75, 3.05) is 18.4 Å². The summed E-state index contributed by atoms with van der Waals surface area (Å²) < 4.78 is 0. The van der Waals surface area contributed by atoms with E-state index in [1.807, 2.05) is 0 Å². The Morgan fingerprint density at radius 1 is 1.10 bits per heavy atom. The molecule has 0 atom stereocenters. The molecule has 5 nitrogen and oxygen atoms in total. The van der Waals surface area contributed by atoms with Crippen molar-refractivity contribution in [3.05, 3.63) is 52.3 Å². The van der Waals surface area contributed by atoms with Gasteiger partial charge in [0.2, 0.25) is 5.95 Å². The van der Waals surface area contributed by atoms with Gasteiger partial charge in [-0.3, -0.25) is 4.79 Å². The number of aromatic nitrogens is 2. The van der Waals surface area contributed by atoms with Gasteiger partial charge in [0.15, 0.2) is 0 Å². The third-order valence-electron chi connectivity index (χ3n) is 2.68. The number of carbonyl (C=O) groups excluding carboxylic acids is 1. The predicted molar refractivity (Wildman–Crippen MR) is 83.9 cm³/mol.